The topological polar surface area (TPSA) is 79.2 Å². The van der Waals surface area contributed by atoms with Gasteiger partial charge in [0.05, 0.1) is 0 Å². The number of amides is 1. The van der Waals surface area contributed by atoms with Crippen LogP contribution in [0.15, 0.2) is 0 Å². The van der Waals surface area contributed by atoms with Crippen LogP contribution in [0, 0.1) is 0 Å². The molecular formula is C11H26N4O. The molecule has 1 amide bonds. The monoisotopic (exact) mass is 230 g/mol. The van der Waals surface area contributed by atoms with Crippen LogP contribution in [-0.4, -0.2) is 45.2 Å². The quantitative estimate of drug-likeness (QED) is 0.358. The molecule has 0 rings (SSSR count). The summed E-state index contributed by atoms with van der Waals surface area (Å²) in [7, 11) is 0. The number of carbonyl (C=O) groups is 1. The fraction of sp³-hybridized carbons (Fsp3) is 0.909. The molecule has 0 aliphatic rings. The predicted octanol–water partition coefficient (Wildman–Crippen LogP) is -0.569. The molecule has 0 radical (unpaired) electrons. The van der Waals surface area contributed by atoms with Crippen molar-refractivity contribution in [2.45, 2.75) is 26.2 Å². The van der Waals surface area contributed by atoms with Gasteiger partial charge in [-0.25, -0.2) is 0 Å². The third-order valence-electron chi connectivity index (χ3n) is 2.18. The Morgan fingerprint density at radius 3 is 2.06 bits per heavy atom. The molecule has 0 unspecified atom stereocenters. The Balaban J connectivity index is 2.90. The van der Waals surface area contributed by atoms with Gasteiger partial charge < -0.3 is 21.7 Å². The largest absolute Gasteiger partial charge is 0.356 e. The van der Waals surface area contributed by atoms with Crippen molar-refractivity contribution in [1.29, 1.82) is 0 Å². The molecule has 0 atom stereocenters. The maximum absolute atomic E-state index is 10.6. The van der Waals surface area contributed by atoms with Crippen LogP contribution in [0.2, 0.25) is 0 Å². The summed E-state index contributed by atoms with van der Waals surface area (Å²) in [6.45, 7) is 6.99. The molecule has 0 aromatic carbocycles. The van der Waals surface area contributed by atoms with E-state index in [9.17, 15) is 4.79 Å². The van der Waals surface area contributed by atoms with Crippen molar-refractivity contribution in [2.75, 3.05) is 39.3 Å². The second-order valence-electron chi connectivity index (χ2n) is 3.83. The third-order valence-corrected chi connectivity index (χ3v) is 2.18. The SMILES string of the molecule is CC(=O)NCCCNCCCCNCCN. The van der Waals surface area contributed by atoms with E-state index in [0.717, 1.165) is 39.1 Å². The molecule has 5 N–H and O–H groups in total. The molecule has 0 aromatic rings. The van der Waals surface area contributed by atoms with Gasteiger partial charge in [0.2, 0.25) is 5.91 Å². The predicted molar refractivity (Wildman–Crippen MR) is 67.3 cm³/mol. The molecule has 0 bridgehead atoms. The molecule has 0 spiro atoms. The van der Waals surface area contributed by atoms with Gasteiger partial charge >= 0.3 is 0 Å². The molecule has 0 saturated heterocycles. The highest BCUT2D eigenvalue weighted by molar-refractivity contribution is 5.72. The Morgan fingerprint density at radius 1 is 0.938 bits per heavy atom. The van der Waals surface area contributed by atoms with Crippen LogP contribution >= 0.6 is 0 Å². The summed E-state index contributed by atoms with van der Waals surface area (Å²) in [5, 5.41) is 9.37. The summed E-state index contributed by atoms with van der Waals surface area (Å²) < 4.78 is 0. The van der Waals surface area contributed by atoms with E-state index in [0.29, 0.717) is 6.54 Å². The first-order chi connectivity index (χ1) is 7.77. The lowest BCUT2D eigenvalue weighted by atomic mass is 10.3. The van der Waals surface area contributed by atoms with E-state index in [1.54, 1.807) is 6.92 Å². The molecule has 5 nitrogen and oxygen atoms in total. The summed E-state index contributed by atoms with van der Waals surface area (Å²) in [5.74, 6) is 0.0472. The van der Waals surface area contributed by atoms with Gasteiger partial charge in [-0.3, -0.25) is 4.79 Å². The van der Waals surface area contributed by atoms with E-state index in [1.807, 2.05) is 0 Å². The zero-order chi connectivity index (χ0) is 12.1. The highest BCUT2D eigenvalue weighted by Gasteiger charge is 1.91. The van der Waals surface area contributed by atoms with Crippen molar-refractivity contribution in [3.05, 3.63) is 0 Å². The minimum absolute atomic E-state index is 0.0472. The van der Waals surface area contributed by atoms with Crippen LogP contribution in [0.25, 0.3) is 0 Å². The number of hydrogen-bond acceptors (Lipinski definition) is 4. The Kier molecular flexibility index (Phi) is 11.9. The number of rotatable bonds is 11. The Labute approximate surface area is 98.5 Å². The van der Waals surface area contributed by atoms with Crippen molar-refractivity contribution in [2.24, 2.45) is 5.73 Å². The lowest BCUT2D eigenvalue weighted by Gasteiger charge is -2.05. The van der Waals surface area contributed by atoms with Gasteiger partial charge in [0.25, 0.3) is 0 Å². The first-order valence-electron chi connectivity index (χ1n) is 6.13. The number of carbonyl (C=O) groups excluding carboxylic acids is 1. The van der Waals surface area contributed by atoms with Crippen LogP contribution in [0.1, 0.15) is 26.2 Å². The van der Waals surface area contributed by atoms with Gasteiger partial charge in [-0.1, -0.05) is 0 Å². The van der Waals surface area contributed by atoms with Crippen LogP contribution < -0.4 is 21.7 Å². The van der Waals surface area contributed by atoms with E-state index >= 15 is 0 Å². The Hall–Kier alpha value is -0.650. The number of hydrogen-bond donors (Lipinski definition) is 4. The molecule has 96 valence electrons. The highest BCUT2D eigenvalue weighted by atomic mass is 16.1. The molecule has 5 heteroatoms. The summed E-state index contributed by atoms with van der Waals surface area (Å²) in [5.41, 5.74) is 5.35. The van der Waals surface area contributed by atoms with Gasteiger partial charge in [-0.05, 0) is 38.9 Å². The van der Waals surface area contributed by atoms with Crippen molar-refractivity contribution in [3.63, 3.8) is 0 Å². The van der Waals surface area contributed by atoms with Crippen molar-refractivity contribution >= 4 is 5.91 Å². The smallest absolute Gasteiger partial charge is 0.216 e. The van der Waals surface area contributed by atoms with E-state index in [-0.39, 0.29) is 5.91 Å². The van der Waals surface area contributed by atoms with Crippen molar-refractivity contribution in [1.82, 2.24) is 16.0 Å². The molecule has 0 saturated carbocycles. The molecule has 0 heterocycles. The van der Waals surface area contributed by atoms with Gasteiger partial charge in [0.15, 0.2) is 0 Å². The average Bonchev–Trinajstić information content (AvgIpc) is 2.25. The zero-order valence-corrected chi connectivity index (χ0v) is 10.3. The van der Waals surface area contributed by atoms with Crippen LogP contribution in [0.5, 0.6) is 0 Å². The maximum atomic E-state index is 10.6. The first-order valence-corrected chi connectivity index (χ1v) is 6.13. The molecule has 0 aromatic heterocycles. The number of unbranched alkanes of at least 4 members (excludes halogenated alkanes) is 1. The van der Waals surface area contributed by atoms with Crippen molar-refractivity contribution in [3.8, 4) is 0 Å². The zero-order valence-electron chi connectivity index (χ0n) is 10.3. The minimum atomic E-state index is 0.0472. The summed E-state index contributed by atoms with van der Waals surface area (Å²) in [6, 6.07) is 0. The van der Waals surface area contributed by atoms with Gasteiger partial charge in [-0.2, -0.15) is 0 Å². The average molecular weight is 230 g/mol. The maximum Gasteiger partial charge on any atom is 0.216 e. The van der Waals surface area contributed by atoms with Gasteiger partial charge in [0.1, 0.15) is 0 Å². The molecular weight excluding hydrogens is 204 g/mol. The second-order valence-corrected chi connectivity index (χ2v) is 3.83. The first kappa shape index (κ1) is 15.3. The number of nitrogens with two attached hydrogens (primary N) is 1. The molecule has 0 aliphatic heterocycles. The fourth-order valence-electron chi connectivity index (χ4n) is 1.33. The third kappa shape index (κ3) is 13.4. The normalized spacial score (nSPS) is 10.4. The van der Waals surface area contributed by atoms with Crippen molar-refractivity contribution < 1.29 is 4.79 Å². The Morgan fingerprint density at radius 2 is 1.50 bits per heavy atom. The van der Waals surface area contributed by atoms with Crippen LogP contribution in [0.4, 0.5) is 0 Å². The summed E-state index contributed by atoms with van der Waals surface area (Å²) in [6.07, 6.45) is 3.35. The van der Waals surface area contributed by atoms with Crippen LogP contribution in [-0.2, 0) is 4.79 Å². The second kappa shape index (κ2) is 12.4. The fourth-order valence-corrected chi connectivity index (χ4v) is 1.33. The van der Waals surface area contributed by atoms with E-state index < -0.39 is 0 Å². The van der Waals surface area contributed by atoms with E-state index in [4.69, 9.17) is 5.73 Å². The van der Waals surface area contributed by atoms with Gasteiger partial charge in [-0.15, -0.1) is 0 Å². The summed E-state index contributed by atoms with van der Waals surface area (Å²) in [4.78, 5) is 10.6. The minimum Gasteiger partial charge on any atom is -0.356 e. The summed E-state index contributed by atoms with van der Waals surface area (Å²) >= 11 is 0. The molecule has 0 aliphatic carbocycles. The standard InChI is InChI=1S/C11H26N4O/c1-11(16)15-9-4-8-13-6-2-3-7-14-10-5-12/h13-14H,2-10,12H2,1H3,(H,15,16). The molecule has 0 fully saturated rings. The van der Waals surface area contributed by atoms with E-state index in [2.05, 4.69) is 16.0 Å². The number of nitrogens with one attached hydrogen (secondary N) is 3. The lowest BCUT2D eigenvalue weighted by Crippen LogP contribution is -2.26. The van der Waals surface area contributed by atoms with E-state index in [1.165, 1.54) is 12.8 Å². The lowest BCUT2D eigenvalue weighted by molar-refractivity contribution is -0.118. The van der Waals surface area contributed by atoms with Gasteiger partial charge in [0, 0.05) is 26.6 Å². The highest BCUT2D eigenvalue weighted by Crippen LogP contribution is 1.84. The van der Waals surface area contributed by atoms with Crippen LogP contribution in [0.3, 0.4) is 0 Å². The Bertz CT molecular complexity index is 164. The molecule has 16 heavy (non-hydrogen) atoms.